The lowest BCUT2D eigenvalue weighted by Crippen LogP contribution is -2.30. The second-order valence-electron chi connectivity index (χ2n) is 6.03. The third-order valence-corrected chi connectivity index (χ3v) is 4.94. The number of carbonyl (C=O) groups excluding carboxylic acids is 1. The minimum atomic E-state index is -0.440. The molecule has 8 nitrogen and oxygen atoms in total. The Kier molecular flexibility index (Phi) is 6.96. The number of hydrogen-bond donors (Lipinski definition) is 2. The van der Waals surface area contributed by atoms with Gasteiger partial charge in [0.05, 0.1) is 23.9 Å². The van der Waals surface area contributed by atoms with Crippen molar-refractivity contribution >= 4 is 29.0 Å². The van der Waals surface area contributed by atoms with Crippen molar-refractivity contribution in [1.29, 1.82) is 0 Å². The molecule has 1 aliphatic rings. The summed E-state index contributed by atoms with van der Waals surface area (Å²) in [5.41, 5.74) is 0.812. The van der Waals surface area contributed by atoms with E-state index < -0.39 is 4.92 Å². The van der Waals surface area contributed by atoms with Crippen LogP contribution >= 0.6 is 11.8 Å². The van der Waals surface area contributed by atoms with Gasteiger partial charge in [-0.25, -0.2) is 0 Å². The number of nitrogens with one attached hydrogen (secondary N) is 2. The highest BCUT2D eigenvalue weighted by molar-refractivity contribution is 8.00. The molecule has 0 radical (unpaired) electrons. The fraction of sp³-hybridized carbons (Fsp3) is 0.316. The Balaban J connectivity index is 1.36. The number of hydrogen-bond acceptors (Lipinski definition) is 7. The molecule has 0 spiro atoms. The number of carbonyl (C=O) groups is 1. The Hall–Kier alpha value is -2.94. The topological polar surface area (TPSA) is 103 Å². The average molecular weight is 403 g/mol. The quantitative estimate of drug-likeness (QED) is 0.302. The zero-order valence-electron chi connectivity index (χ0n) is 15.2. The molecule has 0 saturated heterocycles. The number of nitro groups is 1. The summed E-state index contributed by atoms with van der Waals surface area (Å²) < 4.78 is 11.2. The molecule has 9 heteroatoms. The predicted octanol–water partition coefficient (Wildman–Crippen LogP) is 3.08. The number of fused-ring (bicyclic) bond motifs is 1. The first-order valence-electron chi connectivity index (χ1n) is 8.89. The normalized spacial score (nSPS) is 12.7. The SMILES string of the molecule is O=C(CSc1ccc2c(c1)OCCCO2)NCCNc1ccc([N+](=O)[O-])cc1. The lowest BCUT2D eigenvalue weighted by molar-refractivity contribution is -0.384. The summed E-state index contributed by atoms with van der Waals surface area (Å²) in [6, 6.07) is 11.8. The molecule has 1 heterocycles. The summed E-state index contributed by atoms with van der Waals surface area (Å²) in [5, 5.41) is 16.6. The fourth-order valence-corrected chi connectivity index (χ4v) is 3.30. The third-order valence-electron chi connectivity index (χ3n) is 3.94. The molecule has 28 heavy (non-hydrogen) atoms. The number of ether oxygens (including phenoxy) is 2. The van der Waals surface area contributed by atoms with Crippen LogP contribution in [0.3, 0.4) is 0 Å². The summed E-state index contributed by atoms with van der Waals surface area (Å²) in [6.45, 7) is 2.26. The first-order chi connectivity index (χ1) is 13.6. The van der Waals surface area contributed by atoms with Gasteiger partial charge in [-0.05, 0) is 30.3 Å². The molecule has 3 rings (SSSR count). The van der Waals surface area contributed by atoms with E-state index in [4.69, 9.17) is 9.47 Å². The first-order valence-corrected chi connectivity index (χ1v) is 9.88. The largest absolute Gasteiger partial charge is 0.490 e. The van der Waals surface area contributed by atoms with Gasteiger partial charge in [0, 0.05) is 42.2 Å². The van der Waals surface area contributed by atoms with Crippen LogP contribution in [0.25, 0.3) is 0 Å². The van der Waals surface area contributed by atoms with Gasteiger partial charge in [-0.15, -0.1) is 11.8 Å². The molecule has 2 N–H and O–H groups in total. The van der Waals surface area contributed by atoms with Crippen molar-refractivity contribution < 1.29 is 19.2 Å². The lowest BCUT2D eigenvalue weighted by atomic mass is 10.3. The van der Waals surface area contributed by atoms with Crippen molar-refractivity contribution in [2.45, 2.75) is 11.3 Å². The van der Waals surface area contributed by atoms with Crippen LogP contribution in [0.15, 0.2) is 47.4 Å². The number of anilines is 1. The van der Waals surface area contributed by atoms with Gasteiger partial charge in [0.25, 0.3) is 5.69 Å². The van der Waals surface area contributed by atoms with Crippen LogP contribution in [-0.4, -0.2) is 42.9 Å². The van der Waals surface area contributed by atoms with Gasteiger partial charge in [-0.1, -0.05) is 0 Å². The van der Waals surface area contributed by atoms with E-state index in [0.29, 0.717) is 32.1 Å². The number of nitrogens with zero attached hydrogens (tertiary/aromatic N) is 1. The number of non-ortho nitro benzene ring substituents is 1. The standard InChI is InChI=1S/C19H21N3O5S/c23-19(21-9-8-20-14-2-4-15(5-3-14)22(24)25)13-28-16-6-7-17-18(12-16)27-11-1-10-26-17/h2-7,12,20H,1,8-11,13H2,(H,21,23). The molecule has 0 unspecified atom stereocenters. The maximum absolute atomic E-state index is 12.0. The molecule has 1 amide bonds. The molecule has 148 valence electrons. The van der Waals surface area contributed by atoms with Gasteiger partial charge in [0.15, 0.2) is 11.5 Å². The highest BCUT2D eigenvalue weighted by Gasteiger charge is 2.11. The summed E-state index contributed by atoms with van der Waals surface area (Å²) in [7, 11) is 0. The van der Waals surface area contributed by atoms with Crippen LogP contribution in [0.4, 0.5) is 11.4 Å². The second kappa shape index (κ2) is 9.84. The van der Waals surface area contributed by atoms with E-state index in [9.17, 15) is 14.9 Å². The van der Waals surface area contributed by atoms with Crippen LogP contribution in [0.2, 0.25) is 0 Å². The maximum Gasteiger partial charge on any atom is 0.269 e. The number of amides is 1. The molecule has 0 atom stereocenters. The Morgan fingerprint density at radius 3 is 2.57 bits per heavy atom. The molecule has 0 aliphatic carbocycles. The van der Waals surface area contributed by atoms with Crippen molar-refractivity contribution in [2.24, 2.45) is 0 Å². The minimum absolute atomic E-state index is 0.0469. The smallest absolute Gasteiger partial charge is 0.269 e. The van der Waals surface area contributed by atoms with Crippen LogP contribution in [0, 0.1) is 10.1 Å². The molecular weight excluding hydrogens is 382 g/mol. The highest BCUT2D eigenvalue weighted by Crippen LogP contribution is 2.33. The van der Waals surface area contributed by atoms with E-state index in [1.54, 1.807) is 12.1 Å². The van der Waals surface area contributed by atoms with E-state index in [-0.39, 0.29) is 11.6 Å². The second-order valence-corrected chi connectivity index (χ2v) is 7.08. The summed E-state index contributed by atoms with van der Waals surface area (Å²) >= 11 is 1.44. The van der Waals surface area contributed by atoms with Crippen LogP contribution < -0.4 is 20.1 Å². The van der Waals surface area contributed by atoms with Gasteiger partial charge in [-0.2, -0.15) is 0 Å². The van der Waals surface area contributed by atoms with E-state index in [2.05, 4.69) is 10.6 Å². The monoisotopic (exact) mass is 403 g/mol. The van der Waals surface area contributed by atoms with Gasteiger partial charge >= 0.3 is 0 Å². The zero-order chi connectivity index (χ0) is 19.8. The lowest BCUT2D eigenvalue weighted by Gasteiger charge is -2.10. The van der Waals surface area contributed by atoms with Crippen molar-refractivity contribution in [3.8, 4) is 11.5 Å². The van der Waals surface area contributed by atoms with E-state index in [1.807, 2.05) is 18.2 Å². The summed E-state index contributed by atoms with van der Waals surface area (Å²) in [4.78, 5) is 23.1. The number of rotatable bonds is 8. The van der Waals surface area contributed by atoms with Gasteiger partial charge in [0.2, 0.25) is 5.91 Å². The van der Waals surface area contributed by atoms with Crippen molar-refractivity contribution in [1.82, 2.24) is 5.32 Å². The van der Waals surface area contributed by atoms with E-state index in [1.165, 1.54) is 23.9 Å². The molecule has 1 aliphatic heterocycles. The van der Waals surface area contributed by atoms with Crippen LogP contribution in [0.5, 0.6) is 11.5 Å². The first kappa shape index (κ1) is 19.8. The Morgan fingerprint density at radius 1 is 1.07 bits per heavy atom. The van der Waals surface area contributed by atoms with Crippen molar-refractivity contribution in [2.75, 3.05) is 37.4 Å². The van der Waals surface area contributed by atoms with Crippen molar-refractivity contribution in [3.05, 3.63) is 52.6 Å². The molecule has 2 aromatic rings. The Morgan fingerprint density at radius 2 is 1.82 bits per heavy atom. The predicted molar refractivity (Wildman–Crippen MR) is 107 cm³/mol. The maximum atomic E-state index is 12.0. The number of nitro benzene ring substituents is 1. The van der Waals surface area contributed by atoms with E-state index in [0.717, 1.165) is 28.5 Å². The molecular formula is C19H21N3O5S. The zero-order valence-corrected chi connectivity index (χ0v) is 16.0. The van der Waals surface area contributed by atoms with Gasteiger partial charge < -0.3 is 20.1 Å². The highest BCUT2D eigenvalue weighted by atomic mass is 32.2. The molecule has 0 saturated carbocycles. The summed E-state index contributed by atoms with van der Waals surface area (Å²) in [5.74, 6) is 1.69. The number of thioether (sulfide) groups is 1. The number of benzene rings is 2. The fourth-order valence-electron chi connectivity index (χ4n) is 2.54. The molecule has 2 aromatic carbocycles. The van der Waals surface area contributed by atoms with Crippen LogP contribution in [-0.2, 0) is 4.79 Å². The van der Waals surface area contributed by atoms with E-state index >= 15 is 0 Å². The van der Waals surface area contributed by atoms with Gasteiger partial charge in [0.1, 0.15) is 0 Å². The third kappa shape index (κ3) is 5.78. The van der Waals surface area contributed by atoms with Gasteiger partial charge in [-0.3, -0.25) is 14.9 Å². The Bertz CT molecular complexity index is 829. The average Bonchev–Trinajstić information content (AvgIpc) is 2.95. The Labute approximate surface area is 166 Å². The molecule has 0 fully saturated rings. The van der Waals surface area contributed by atoms with Crippen LogP contribution in [0.1, 0.15) is 6.42 Å². The molecule has 0 aromatic heterocycles. The minimum Gasteiger partial charge on any atom is -0.490 e. The van der Waals surface area contributed by atoms with Crippen molar-refractivity contribution in [3.63, 3.8) is 0 Å². The molecule has 0 bridgehead atoms. The summed E-state index contributed by atoms with van der Waals surface area (Å²) in [6.07, 6.45) is 0.855.